The van der Waals surface area contributed by atoms with Crippen LogP contribution < -0.4 is 10.2 Å². The van der Waals surface area contributed by atoms with Crippen molar-refractivity contribution in [2.45, 2.75) is 19.5 Å². The Morgan fingerprint density at radius 1 is 0.967 bits per heavy atom. The molecule has 2 aromatic carbocycles. The monoisotopic (exact) mass is 400 g/mol. The lowest BCUT2D eigenvalue weighted by Crippen LogP contribution is -2.49. The zero-order chi connectivity index (χ0) is 20.8. The number of amides is 3. The number of benzene rings is 2. The topological polar surface area (TPSA) is 65.5 Å². The number of rotatable bonds is 6. The van der Waals surface area contributed by atoms with E-state index in [0.717, 1.165) is 29.9 Å². The van der Waals surface area contributed by atoms with E-state index in [4.69, 9.17) is 0 Å². The van der Waals surface area contributed by atoms with Gasteiger partial charge in [0.1, 0.15) is 0 Å². The number of hydrogen-bond donors (Lipinski definition) is 1. The molecule has 0 bridgehead atoms. The van der Waals surface area contributed by atoms with E-state index in [1.54, 1.807) is 23.2 Å². The number of pyridine rings is 1. The van der Waals surface area contributed by atoms with Gasteiger partial charge in [0.2, 0.25) is 0 Å². The maximum absolute atomic E-state index is 13.1. The summed E-state index contributed by atoms with van der Waals surface area (Å²) in [4.78, 5) is 33.5. The van der Waals surface area contributed by atoms with Crippen LogP contribution in [0.2, 0.25) is 0 Å². The second-order valence-electron chi connectivity index (χ2n) is 7.25. The molecular weight excluding hydrogens is 376 g/mol. The SMILES string of the molecule is O=C(NCc1ccccn1)c1cccc(N2CCCN(Cc3ccccc3)C2=O)c1. The lowest BCUT2D eigenvalue weighted by atomic mass is 10.1. The van der Waals surface area contributed by atoms with E-state index >= 15 is 0 Å². The number of aromatic nitrogens is 1. The highest BCUT2D eigenvalue weighted by atomic mass is 16.2. The molecule has 1 N–H and O–H groups in total. The Hall–Kier alpha value is -3.67. The number of anilines is 1. The fourth-order valence-corrected chi connectivity index (χ4v) is 3.56. The van der Waals surface area contributed by atoms with Crippen LogP contribution in [0.15, 0.2) is 79.0 Å². The van der Waals surface area contributed by atoms with Gasteiger partial charge < -0.3 is 10.2 Å². The largest absolute Gasteiger partial charge is 0.346 e. The van der Waals surface area contributed by atoms with Crippen molar-refractivity contribution in [2.24, 2.45) is 0 Å². The Balaban J connectivity index is 1.44. The van der Waals surface area contributed by atoms with Crippen molar-refractivity contribution >= 4 is 17.6 Å². The molecule has 30 heavy (non-hydrogen) atoms. The van der Waals surface area contributed by atoms with Gasteiger partial charge >= 0.3 is 6.03 Å². The van der Waals surface area contributed by atoms with E-state index in [0.29, 0.717) is 25.2 Å². The van der Waals surface area contributed by atoms with Gasteiger partial charge in [-0.1, -0.05) is 42.5 Å². The summed E-state index contributed by atoms with van der Waals surface area (Å²) in [6.45, 7) is 2.31. The van der Waals surface area contributed by atoms with Gasteiger partial charge in [-0.05, 0) is 42.3 Å². The third-order valence-corrected chi connectivity index (χ3v) is 5.10. The van der Waals surface area contributed by atoms with Crippen LogP contribution in [-0.4, -0.2) is 34.9 Å². The molecule has 1 fully saturated rings. The van der Waals surface area contributed by atoms with Crippen molar-refractivity contribution < 1.29 is 9.59 Å². The first-order chi connectivity index (χ1) is 14.7. The first-order valence-electron chi connectivity index (χ1n) is 10.1. The summed E-state index contributed by atoms with van der Waals surface area (Å²) in [6.07, 6.45) is 2.58. The van der Waals surface area contributed by atoms with Crippen LogP contribution >= 0.6 is 0 Å². The molecular formula is C24H24N4O2. The van der Waals surface area contributed by atoms with Crippen LogP contribution in [0.25, 0.3) is 0 Å². The van der Waals surface area contributed by atoms with Gasteiger partial charge in [-0.2, -0.15) is 0 Å². The van der Waals surface area contributed by atoms with Gasteiger partial charge in [0, 0.05) is 37.1 Å². The Kier molecular flexibility index (Phi) is 6.03. The quantitative estimate of drug-likeness (QED) is 0.684. The van der Waals surface area contributed by atoms with Crippen LogP contribution in [0.5, 0.6) is 0 Å². The van der Waals surface area contributed by atoms with Gasteiger partial charge in [0.15, 0.2) is 0 Å². The summed E-state index contributed by atoms with van der Waals surface area (Å²) in [5.74, 6) is -0.187. The van der Waals surface area contributed by atoms with Crippen LogP contribution in [0.1, 0.15) is 28.0 Å². The average molecular weight is 400 g/mol. The molecule has 0 aliphatic carbocycles. The Labute approximate surface area is 176 Å². The Bertz CT molecular complexity index is 1010. The second kappa shape index (κ2) is 9.22. The number of urea groups is 1. The van der Waals surface area contributed by atoms with Crippen LogP contribution in [0, 0.1) is 0 Å². The summed E-state index contributed by atoms with van der Waals surface area (Å²) in [6, 6.07) is 22.8. The second-order valence-corrected chi connectivity index (χ2v) is 7.25. The van der Waals surface area contributed by atoms with Crippen molar-refractivity contribution in [3.8, 4) is 0 Å². The van der Waals surface area contributed by atoms with Gasteiger partial charge in [-0.15, -0.1) is 0 Å². The number of nitrogens with zero attached hydrogens (tertiary/aromatic N) is 3. The van der Waals surface area contributed by atoms with Crippen molar-refractivity contribution in [1.29, 1.82) is 0 Å². The maximum atomic E-state index is 13.1. The lowest BCUT2D eigenvalue weighted by molar-refractivity contribution is 0.0950. The normalized spacial score (nSPS) is 13.9. The van der Waals surface area contributed by atoms with Crippen LogP contribution in [0.3, 0.4) is 0 Å². The number of carbonyl (C=O) groups excluding carboxylic acids is 2. The molecule has 3 amide bonds. The number of hydrogen-bond acceptors (Lipinski definition) is 3. The zero-order valence-corrected chi connectivity index (χ0v) is 16.7. The summed E-state index contributed by atoms with van der Waals surface area (Å²) >= 11 is 0. The highest BCUT2D eigenvalue weighted by Crippen LogP contribution is 2.22. The molecule has 0 atom stereocenters. The van der Waals surface area contributed by atoms with E-state index < -0.39 is 0 Å². The van der Waals surface area contributed by atoms with E-state index in [9.17, 15) is 9.59 Å². The van der Waals surface area contributed by atoms with E-state index in [2.05, 4.69) is 10.3 Å². The van der Waals surface area contributed by atoms with Gasteiger partial charge in [0.25, 0.3) is 5.91 Å². The predicted molar refractivity (Wildman–Crippen MR) is 116 cm³/mol. The van der Waals surface area contributed by atoms with E-state index in [1.165, 1.54) is 0 Å². The first-order valence-corrected chi connectivity index (χ1v) is 10.1. The lowest BCUT2D eigenvalue weighted by Gasteiger charge is -2.35. The standard InChI is InChI=1S/C24H24N4O2/c29-23(26-17-21-11-4-5-13-25-21)20-10-6-12-22(16-20)28-15-7-14-27(24(28)30)18-19-8-2-1-3-9-19/h1-6,8-13,16H,7,14-15,17-18H2,(H,26,29). The predicted octanol–water partition coefficient (Wildman–Crippen LogP) is 3.84. The Morgan fingerprint density at radius 2 is 1.80 bits per heavy atom. The first kappa shape index (κ1) is 19.6. The molecule has 0 saturated carbocycles. The van der Waals surface area contributed by atoms with Gasteiger partial charge in [0.05, 0.1) is 12.2 Å². The summed E-state index contributed by atoms with van der Waals surface area (Å²) < 4.78 is 0. The fourth-order valence-electron chi connectivity index (χ4n) is 3.56. The molecule has 0 radical (unpaired) electrons. The molecule has 6 nitrogen and oxygen atoms in total. The summed E-state index contributed by atoms with van der Waals surface area (Å²) in [5, 5.41) is 2.88. The van der Waals surface area contributed by atoms with E-state index in [1.807, 2.05) is 65.6 Å². The molecule has 152 valence electrons. The van der Waals surface area contributed by atoms with Gasteiger partial charge in [-0.25, -0.2) is 4.79 Å². The average Bonchev–Trinajstić information content (AvgIpc) is 2.80. The van der Waals surface area contributed by atoms with Crippen molar-refractivity contribution in [1.82, 2.24) is 15.2 Å². The van der Waals surface area contributed by atoms with Crippen molar-refractivity contribution in [3.05, 3.63) is 95.8 Å². The minimum Gasteiger partial charge on any atom is -0.346 e. The molecule has 4 rings (SSSR count). The molecule has 1 aromatic heterocycles. The highest BCUT2D eigenvalue weighted by molar-refractivity contribution is 5.97. The van der Waals surface area contributed by atoms with Crippen LogP contribution in [-0.2, 0) is 13.1 Å². The van der Waals surface area contributed by atoms with Crippen molar-refractivity contribution in [2.75, 3.05) is 18.0 Å². The molecule has 1 saturated heterocycles. The summed E-state index contributed by atoms with van der Waals surface area (Å²) in [7, 11) is 0. The van der Waals surface area contributed by atoms with Gasteiger partial charge in [-0.3, -0.25) is 14.7 Å². The smallest absolute Gasteiger partial charge is 0.324 e. The molecule has 1 aliphatic heterocycles. The fraction of sp³-hybridized carbons (Fsp3) is 0.208. The number of carbonyl (C=O) groups is 2. The number of nitrogens with one attached hydrogen (secondary N) is 1. The molecule has 6 heteroatoms. The maximum Gasteiger partial charge on any atom is 0.324 e. The highest BCUT2D eigenvalue weighted by Gasteiger charge is 2.27. The molecule has 1 aliphatic rings. The minimum absolute atomic E-state index is 0.0313. The summed E-state index contributed by atoms with van der Waals surface area (Å²) in [5.41, 5.74) is 3.17. The third kappa shape index (κ3) is 4.66. The zero-order valence-electron chi connectivity index (χ0n) is 16.7. The molecule has 0 unspecified atom stereocenters. The Morgan fingerprint density at radius 3 is 2.60 bits per heavy atom. The molecule has 0 spiro atoms. The molecule has 2 heterocycles. The van der Waals surface area contributed by atoms with E-state index in [-0.39, 0.29) is 11.9 Å². The third-order valence-electron chi connectivity index (χ3n) is 5.10. The van der Waals surface area contributed by atoms with Crippen molar-refractivity contribution in [3.63, 3.8) is 0 Å². The minimum atomic E-state index is -0.187. The molecule has 3 aromatic rings. The van der Waals surface area contributed by atoms with Crippen LogP contribution in [0.4, 0.5) is 10.5 Å².